The molecule has 40 heavy (non-hydrogen) atoms. The summed E-state index contributed by atoms with van der Waals surface area (Å²) in [6.07, 6.45) is 9.14. The molecule has 2 fully saturated rings. The Labute approximate surface area is 227 Å². The van der Waals surface area contributed by atoms with Crippen molar-refractivity contribution in [3.63, 3.8) is 0 Å². The molecule has 4 aromatic rings. The summed E-state index contributed by atoms with van der Waals surface area (Å²) in [6.45, 7) is 4.93. The Morgan fingerprint density at radius 2 is 1.82 bits per heavy atom. The minimum absolute atomic E-state index is 0.0409. The maximum Gasteiger partial charge on any atom is 0.332 e. The molecule has 0 bridgehead atoms. The average molecular weight is 545 g/mol. The predicted molar refractivity (Wildman–Crippen MR) is 145 cm³/mol. The number of nitrogens with one attached hydrogen (secondary N) is 1. The van der Waals surface area contributed by atoms with Gasteiger partial charge in [-0.05, 0) is 25.2 Å². The van der Waals surface area contributed by atoms with Gasteiger partial charge in [0.15, 0.2) is 22.8 Å². The second-order valence-electron chi connectivity index (χ2n) is 10.3. The first kappa shape index (κ1) is 25.5. The molecule has 206 valence electrons. The van der Waals surface area contributed by atoms with Gasteiger partial charge in [-0.3, -0.25) is 28.5 Å². The predicted octanol–water partition coefficient (Wildman–Crippen LogP) is 0.779. The van der Waals surface area contributed by atoms with Gasteiger partial charge in [-0.2, -0.15) is 0 Å². The van der Waals surface area contributed by atoms with Crippen LogP contribution in [0.4, 0.5) is 11.6 Å². The zero-order valence-corrected chi connectivity index (χ0v) is 22.3. The van der Waals surface area contributed by atoms with Crippen molar-refractivity contribution in [1.29, 1.82) is 0 Å². The van der Waals surface area contributed by atoms with Crippen molar-refractivity contribution < 1.29 is 9.59 Å². The molecule has 14 nitrogen and oxygen atoms in total. The van der Waals surface area contributed by atoms with Crippen LogP contribution in [0, 0.1) is 11.8 Å². The first-order chi connectivity index (χ1) is 19.2. The summed E-state index contributed by atoms with van der Waals surface area (Å²) < 4.78 is 3.43. The van der Waals surface area contributed by atoms with Gasteiger partial charge in [0.25, 0.3) is 5.56 Å². The third-order valence-corrected chi connectivity index (χ3v) is 7.67. The van der Waals surface area contributed by atoms with Crippen LogP contribution in [0.2, 0.25) is 0 Å². The second-order valence-corrected chi connectivity index (χ2v) is 10.3. The third kappa shape index (κ3) is 4.44. The number of carbonyl (C=O) groups excluding carboxylic acids is 2. The number of aromatic nitrogens is 8. The highest BCUT2D eigenvalue weighted by Gasteiger charge is 2.45. The van der Waals surface area contributed by atoms with Gasteiger partial charge in [0.2, 0.25) is 5.91 Å². The molecule has 2 unspecified atom stereocenters. The molecule has 1 saturated carbocycles. The lowest BCUT2D eigenvalue weighted by Crippen LogP contribution is -2.41. The number of carbonyl (C=O) groups is 2. The molecule has 4 aromatic heterocycles. The summed E-state index contributed by atoms with van der Waals surface area (Å²) in [5.41, 5.74) is -0.216. The summed E-state index contributed by atoms with van der Waals surface area (Å²) >= 11 is 0. The van der Waals surface area contributed by atoms with Gasteiger partial charge in [0.1, 0.15) is 23.2 Å². The van der Waals surface area contributed by atoms with E-state index in [1.165, 1.54) is 41.3 Å². The lowest BCUT2D eigenvalue weighted by molar-refractivity contribution is -0.120. The van der Waals surface area contributed by atoms with E-state index in [0.29, 0.717) is 11.4 Å². The molecule has 2 aliphatic rings. The van der Waals surface area contributed by atoms with Crippen LogP contribution >= 0.6 is 0 Å². The summed E-state index contributed by atoms with van der Waals surface area (Å²) in [4.78, 5) is 75.2. The van der Waals surface area contributed by atoms with E-state index in [4.69, 9.17) is 0 Å². The van der Waals surface area contributed by atoms with Gasteiger partial charge in [-0.25, -0.2) is 24.7 Å². The normalized spacial score (nSPS) is 18.5. The van der Waals surface area contributed by atoms with Crippen molar-refractivity contribution in [2.75, 3.05) is 23.3 Å². The minimum Gasteiger partial charge on any atom is -0.355 e. The maximum atomic E-state index is 13.2. The first-order valence-corrected chi connectivity index (χ1v) is 13.1. The Hall–Kier alpha value is -4.75. The van der Waals surface area contributed by atoms with E-state index in [-0.39, 0.29) is 35.7 Å². The van der Waals surface area contributed by atoms with Gasteiger partial charge in [0.05, 0.1) is 37.7 Å². The summed E-state index contributed by atoms with van der Waals surface area (Å²) in [6, 6.07) is -0.901. The van der Waals surface area contributed by atoms with Crippen molar-refractivity contribution in [3.05, 3.63) is 52.0 Å². The quantitative estimate of drug-likeness (QED) is 0.335. The molecule has 3 atom stereocenters. The molecule has 1 N–H and O–H groups in total. The lowest BCUT2D eigenvalue weighted by atomic mass is 10.3. The van der Waals surface area contributed by atoms with E-state index in [1.54, 1.807) is 26.2 Å². The fourth-order valence-electron chi connectivity index (χ4n) is 5.12. The van der Waals surface area contributed by atoms with Crippen LogP contribution in [-0.2, 0) is 23.2 Å². The van der Waals surface area contributed by atoms with Gasteiger partial charge >= 0.3 is 5.69 Å². The Morgan fingerprint density at radius 1 is 1.05 bits per heavy atom. The first-order valence-electron chi connectivity index (χ1n) is 13.1. The fraction of sp³-hybridized carbons (Fsp3) is 0.423. The van der Waals surface area contributed by atoms with Crippen LogP contribution in [0.1, 0.15) is 32.7 Å². The highest BCUT2D eigenvalue weighted by molar-refractivity contribution is 5.93. The van der Waals surface area contributed by atoms with Crippen LogP contribution in [0.3, 0.4) is 0 Å². The topological polar surface area (TPSA) is 163 Å². The highest BCUT2D eigenvalue weighted by Crippen LogP contribution is 2.45. The zero-order valence-electron chi connectivity index (χ0n) is 22.3. The van der Waals surface area contributed by atoms with Crippen LogP contribution in [0.15, 0.2) is 40.7 Å². The molecular weight excluding hydrogens is 516 g/mol. The van der Waals surface area contributed by atoms with Crippen molar-refractivity contribution in [3.8, 4) is 11.4 Å². The number of hydrogen-bond donors (Lipinski definition) is 1. The molecular formula is C26H28N10O4. The molecule has 14 heteroatoms. The monoisotopic (exact) mass is 544 g/mol. The number of fused-ring (bicyclic) bond motifs is 2. The number of aryl methyl sites for hydroxylation is 1. The molecule has 1 amide bonds. The summed E-state index contributed by atoms with van der Waals surface area (Å²) in [5.74, 6) is 1.86. The standard InChI is InChI=1S/C26H28N10O4/c1-4-17(37)12-35-25(39)22-23(33(3)26(35)40)30-13-36(22)14(2)24(38)32-20-8-27-6-19(31-20)18-7-29-21(9-28-18)34-10-15-5-16(15)11-34/h6-9,13-16H,4-5,10-12H2,1-3H3,(H,31,32,38)/t14-,15?,16?/m0/s1. The number of hydrogen-bond acceptors (Lipinski definition) is 10. The van der Waals surface area contributed by atoms with Crippen molar-refractivity contribution in [2.24, 2.45) is 18.9 Å². The van der Waals surface area contributed by atoms with Crippen LogP contribution < -0.4 is 21.5 Å². The van der Waals surface area contributed by atoms with E-state index in [1.807, 2.05) is 0 Å². The summed E-state index contributed by atoms with van der Waals surface area (Å²) in [7, 11) is 1.46. The number of anilines is 2. The molecule has 0 aromatic carbocycles. The molecule has 1 aliphatic carbocycles. The molecule has 1 aliphatic heterocycles. The number of imidazole rings is 1. The fourth-order valence-corrected chi connectivity index (χ4v) is 5.12. The Kier molecular flexibility index (Phi) is 6.24. The van der Waals surface area contributed by atoms with Crippen molar-refractivity contribution in [1.82, 2.24) is 38.6 Å². The smallest absolute Gasteiger partial charge is 0.332 e. The highest BCUT2D eigenvalue weighted by atomic mass is 16.2. The largest absolute Gasteiger partial charge is 0.355 e. The van der Waals surface area contributed by atoms with E-state index >= 15 is 0 Å². The van der Waals surface area contributed by atoms with Crippen molar-refractivity contribution >= 4 is 34.5 Å². The summed E-state index contributed by atoms with van der Waals surface area (Å²) in [5, 5.41) is 2.72. The van der Waals surface area contributed by atoms with E-state index < -0.39 is 23.2 Å². The Bertz CT molecular complexity index is 1750. The number of piperidine rings is 1. The van der Waals surface area contributed by atoms with E-state index in [0.717, 1.165) is 35.3 Å². The second kappa shape index (κ2) is 9.77. The molecule has 6 rings (SSSR count). The molecule has 0 radical (unpaired) electrons. The van der Waals surface area contributed by atoms with Gasteiger partial charge in [-0.1, -0.05) is 6.92 Å². The van der Waals surface area contributed by atoms with Gasteiger partial charge < -0.3 is 14.8 Å². The zero-order chi connectivity index (χ0) is 28.1. The maximum absolute atomic E-state index is 13.2. The minimum atomic E-state index is -0.901. The van der Waals surface area contributed by atoms with Gasteiger partial charge in [-0.15, -0.1) is 0 Å². The Balaban J connectivity index is 1.22. The number of Topliss-reactive ketones (excluding diaryl/α,β-unsaturated/α-hetero) is 1. The molecule has 0 spiro atoms. The SMILES string of the molecule is CCC(=O)Cn1c(=O)c2c(ncn2[C@@H](C)C(=O)Nc2cncc(-c3cnc(N4CC5CC5C4)cn3)n2)n(C)c1=O. The number of nitrogens with zero attached hydrogens (tertiary/aromatic N) is 9. The number of amides is 1. The third-order valence-electron chi connectivity index (χ3n) is 7.67. The van der Waals surface area contributed by atoms with Crippen LogP contribution in [0.25, 0.3) is 22.6 Å². The van der Waals surface area contributed by atoms with Crippen molar-refractivity contribution in [2.45, 2.75) is 39.3 Å². The number of rotatable bonds is 8. The van der Waals surface area contributed by atoms with Gasteiger partial charge in [0, 0.05) is 26.6 Å². The molecule has 5 heterocycles. The number of ketones is 1. The van der Waals surface area contributed by atoms with E-state index in [2.05, 4.69) is 35.1 Å². The Morgan fingerprint density at radius 3 is 2.52 bits per heavy atom. The van der Waals surface area contributed by atoms with E-state index in [9.17, 15) is 19.2 Å². The van der Waals surface area contributed by atoms with Crippen LogP contribution in [0.5, 0.6) is 0 Å². The lowest BCUT2D eigenvalue weighted by Gasteiger charge is -2.18. The average Bonchev–Trinajstić information content (AvgIpc) is 3.35. The molecule has 1 saturated heterocycles. The van der Waals surface area contributed by atoms with Crippen LogP contribution in [-0.4, -0.2) is 63.4 Å².